The van der Waals surface area contributed by atoms with E-state index in [1.807, 2.05) is 30.3 Å². The number of carbonyl (C=O) groups excluding carboxylic acids is 1. The van der Waals surface area contributed by atoms with E-state index in [0.29, 0.717) is 36.1 Å². The minimum atomic E-state index is -3.44. The summed E-state index contributed by atoms with van der Waals surface area (Å²) in [5.74, 6) is 0.205. The van der Waals surface area contributed by atoms with E-state index in [1.54, 1.807) is 28.6 Å². The standard InChI is InChI=1S/C25H35N3O3S/c1-4-27(20(2)3)19-22-10-12-23(13-11-22)25(29)26-18-21-14-16-28(17-15-21)32(30,31)24-8-6-5-7-9-24/h5-13,20-21H,4,14-19H2,1-3H3,(H,26,29). The molecule has 0 atom stereocenters. The highest BCUT2D eigenvalue weighted by Crippen LogP contribution is 2.23. The van der Waals surface area contributed by atoms with Gasteiger partial charge in [0.25, 0.3) is 5.91 Å². The van der Waals surface area contributed by atoms with Crippen LogP contribution in [0.25, 0.3) is 0 Å². The molecule has 0 aromatic heterocycles. The Morgan fingerprint density at radius 1 is 1.06 bits per heavy atom. The molecule has 1 aliphatic rings. The van der Waals surface area contributed by atoms with E-state index < -0.39 is 10.0 Å². The third-order valence-corrected chi connectivity index (χ3v) is 8.16. The lowest BCUT2D eigenvalue weighted by Crippen LogP contribution is -2.41. The molecule has 1 aliphatic heterocycles. The van der Waals surface area contributed by atoms with Crippen LogP contribution in [-0.4, -0.2) is 55.8 Å². The number of piperidine rings is 1. The van der Waals surface area contributed by atoms with E-state index in [4.69, 9.17) is 0 Å². The molecule has 0 radical (unpaired) electrons. The van der Waals surface area contributed by atoms with Crippen LogP contribution in [-0.2, 0) is 16.6 Å². The summed E-state index contributed by atoms with van der Waals surface area (Å²) < 4.78 is 27.0. The Morgan fingerprint density at radius 3 is 2.25 bits per heavy atom. The predicted octanol–water partition coefficient (Wildman–Crippen LogP) is 3.75. The molecule has 1 N–H and O–H groups in total. The summed E-state index contributed by atoms with van der Waals surface area (Å²) >= 11 is 0. The van der Waals surface area contributed by atoms with Crippen LogP contribution in [0.4, 0.5) is 0 Å². The van der Waals surface area contributed by atoms with E-state index >= 15 is 0 Å². The second-order valence-corrected chi connectivity index (χ2v) is 10.7. The minimum Gasteiger partial charge on any atom is -0.352 e. The van der Waals surface area contributed by atoms with Crippen molar-refractivity contribution in [2.24, 2.45) is 5.92 Å². The van der Waals surface area contributed by atoms with Crippen LogP contribution in [0.1, 0.15) is 49.5 Å². The molecule has 2 aromatic carbocycles. The lowest BCUT2D eigenvalue weighted by molar-refractivity contribution is 0.0941. The van der Waals surface area contributed by atoms with Crippen molar-refractivity contribution in [3.63, 3.8) is 0 Å². The lowest BCUT2D eigenvalue weighted by atomic mass is 9.98. The molecule has 0 bridgehead atoms. The number of carbonyl (C=O) groups is 1. The maximum absolute atomic E-state index is 12.7. The van der Waals surface area contributed by atoms with Gasteiger partial charge < -0.3 is 5.32 Å². The molecule has 1 heterocycles. The summed E-state index contributed by atoms with van der Waals surface area (Å²) in [7, 11) is -3.44. The van der Waals surface area contributed by atoms with Gasteiger partial charge in [0.2, 0.25) is 10.0 Å². The first-order chi connectivity index (χ1) is 15.3. The number of nitrogens with zero attached hydrogens (tertiary/aromatic N) is 2. The SMILES string of the molecule is CCN(Cc1ccc(C(=O)NCC2CCN(S(=O)(=O)c3ccccc3)CC2)cc1)C(C)C. The normalized spacial score (nSPS) is 15.9. The topological polar surface area (TPSA) is 69.7 Å². The zero-order chi connectivity index (χ0) is 23.1. The Morgan fingerprint density at radius 2 is 1.69 bits per heavy atom. The van der Waals surface area contributed by atoms with Gasteiger partial charge in [-0.3, -0.25) is 9.69 Å². The summed E-state index contributed by atoms with van der Waals surface area (Å²) in [5.41, 5.74) is 1.86. The van der Waals surface area contributed by atoms with E-state index in [9.17, 15) is 13.2 Å². The molecule has 1 fully saturated rings. The summed E-state index contributed by atoms with van der Waals surface area (Å²) in [6, 6.07) is 16.9. The van der Waals surface area contributed by atoms with Gasteiger partial charge in [-0.1, -0.05) is 37.3 Å². The smallest absolute Gasteiger partial charge is 0.251 e. The van der Waals surface area contributed by atoms with Crippen LogP contribution in [0, 0.1) is 5.92 Å². The van der Waals surface area contributed by atoms with Crippen molar-refractivity contribution in [3.8, 4) is 0 Å². The van der Waals surface area contributed by atoms with Gasteiger partial charge in [-0.25, -0.2) is 8.42 Å². The van der Waals surface area contributed by atoms with Crippen molar-refractivity contribution in [1.82, 2.24) is 14.5 Å². The largest absolute Gasteiger partial charge is 0.352 e. The van der Waals surface area contributed by atoms with Gasteiger partial charge in [-0.15, -0.1) is 0 Å². The predicted molar refractivity (Wildman–Crippen MR) is 128 cm³/mol. The van der Waals surface area contributed by atoms with Gasteiger partial charge in [-0.2, -0.15) is 4.31 Å². The molecular formula is C25H35N3O3S. The van der Waals surface area contributed by atoms with Crippen LogP contribution in [0.2, 0.25) is 0 Å². The maximum atomic E-state index is 12.7. The zero-order valence-electron chi connectivity index (χ0n) is 19.3. The number of rotatable bonds is 9. The van der Waals surface area contributed by atoms with Crippen LogP contribution in [0.5, 0.6) is 0 Å². The zero-order valence-corrected chi connectivity index (χ0v) is 20.1. The van der Waals surface area contributed by atoms with Crippen LogP contribution >= 0.6 is 0 Å². The summed E-state index contributed by atoms with van der Waals surface area (Å²) in [5, 5.41) is 3.03. The van der Waals surface area contributed by atoms with E-state index in [2.05, 4.69) is 31.0 Å². The number of nitrogens with one attached hydrogen (secondary N) is 1. The van der Waals surface area contributed by atoms with Gasteiger partial charge in [0.1, 0.15) is 0 Å². The first-order valence-electron chi connectivity index (χ1n) is 11.5. The first-order valence-corrected chi connectivity index (χ1v) is 12.9. The van der Waals surface area contributed by atoms with E-state index in [1.165, 1.54) is 5.56 Å². The molecule has 0 unspecified atom stereocenters. The Kier molecular flexibility index (Phi) is 8.45. The molecular weight excluding hydrogens is 422 g/mol. The van der Waals surface area contributed by atoms with Crippen molar-refractivity contribution >= 4 is 15.9 Å². The third-order valence-electron chi connectivity index (χ3n) is 6.24. The molecule has 0 spiro atoms. The number of sulfonamides is 1. The summed E-state index contributed by atoms with van der Waals surface area (Å²) in [6.45, 7) is 9.93. The third kappa shape index (κ3) is 6.18. The average molecular weight is 458 g/mol. The fourth-order valence-corrected chi connectivity index (χ4v) is 5.58. The number of benzene rings is 2. The molecule has 0 aliphatic carbocycles. The molecule has 7 heteroatoms. The molecule has 0 saturated carbocycles. The highest BCUT2D eigenvalue weighted by molar-refractivity contribution is 7.89. The average Bonchev–Trinajstić information content (AvgIpc) is 2.82. The van der Waals surface area contributed by atoms with E-state index in [0.717, 1.165) is 25.9 Å². The number of hydrogen-bond donors (Lipinski definition) is 1. The quantitative estimate of drug-likeness (QED) is 0.623. The van der Waals surface area contributed by atoms with Crippen molar-refractivity contribution in [3.05, 3.63) is 65.7 Å². The Balaban J connectivity index is 1.47. The highest BCUT2D eigenvalue weighted by Gasteiger charge is 2.29. The van der Waals surface area contributed by atoms with Gasteiger partial charge >= 0.3 is 0 Å². The Bertz CT molecular complexity index is 967. The molecule has 6 nitrogen and oxygen atoms in total. The second kappa shape index (κ2) is 11.1. The second-order valence-electron chi connectivity index (χ2n) is 8.72. The fraction of sp³-hybridized carbons (Fsp3) is 0.480. The lowest BCUT2D eigenvalue weighted by Gasteiger charge is -2.31. The summed E-state index contributed by atoms with van der Waals surface area (Å²) in [6.07, 6.45) is 1.49. The van der Waals surface area contributed by atoms with Gasteiger partial charge in [0.05, 0.1) is 4.90 Å². The van der Waals surface area contributed by atoms with Crippen LogP contribution in [0.3, 0.4) is 0 Å². The number of amides is 1. The fourth-order valence-electron chi connectivity index (χ4n) is 4.09. The molecule has 32 heavy (non-hydrogen) atoms. The highest BCUT2D eigenvalue weighted by atomic mass is 32.2. The molecule has 3 rings (SSSR count). The first kappa shape index (κ1) is 24.4. The Hall–Kier alpha value is -2.22. The van der Waals surface area contributed by atoms with E-state index in [-0.39, 0.29) is 11.8 Å². The molecule has 1 amide bonds. The van der Waals surface area contributed by atoms with Crippen molar-refractivity contribution < 1.29 is 13.2 Å². The van der Waals surface area contributed by atoms with Crippen molar-refractivity contribution in [2.75, 3.05) is 26.2 Å². The monoisotopic (exact) mass is 457 g/mol. The number of hydrogen-bond acceptors (Lipinski definition) is 4. The minimum absolute atomic E-state index is 0.0768. The van der Waals surface area contributed by atoms with Gasteiger partial charge in [0.15, 0.2) is 0 Å². The maximum Gasteiger partial charge on any atom is 0.251 e. The van der Waals surface area contributed by atoms with Gasteiger partial charge in [-0.05, 0) is 69.0 Å². The summed E-state index contributed by atoms with van der Waals surface area (Å²) in [4.78, 5) is 15.3. The molecule has 1 saturated heterocycles. The van der Waals surface area contributed by atoms with Gasteiger partial charge in [0, 0.05) is 37.8 Å². The molecule has 2 aromatic rings. The van der Waals surface area contributed by atoms with Crippen molar-refractivity contribution in [2.45, 2.75) is 51.1 Å². The molecule has 174 valence electrons. The Labute approximate surface area is 192 Å². The van der Waals surface area contributed by atoms with Crippen LogP contribution < -0.4 is 5.32 Å². The van der Waals surface area contributed by atoms with Crippen molar-refractivity contribution in [1.29, 1.82) is 0 Å². The van der Waals surface area contributed by atoms with Crippen LogP contribution in [0.15, 0.2) is 59.5 Å².